The molecule has 1 N–H and O–H groups in total. The molecule has 0 bridgehead atoms. The lowest BCUT2D eigenvalue weighted by Crippen LogP contribution is -2.30. The molecule has 0 radical (unpaired) electrons. The van der Waals surface area contributed by atoms with E-state index >= 15 is 0 Å². The van der Waals surface area contributed by atoms with Gasteiger partial charge >= 0.3 is 0 Å². The molecule has 0 spiro atoms. The van der Waals surface area contributed by atoms with Crippen LogP contribution in [0.2, 0.25) is 0 Å². The summed E-state index contributed by atoms with van der Waals surface area (Å²) < 4.78 is 41.6. The summed E-state index contributed by atoms with van der Waals surface area (Å²) in [5.41, 5.74) is 21.3. The minimum atomic E-state index is -0.542. The predicted molar refractivity (Wildman–Crippen MR) is 398 cm³/mol. The summed E-state index contributed by atoms with van der Waals surface area (Å²) in [6.45, 7) is 28.6. The zero-order valence-electron chi connectivity index (χ0n) is 56.3. The summed E-state index contributed by atoms with van der Waals surface area (Å²) in [4.78, 5) is 19.5. The Labute approximate surface area is 573 Å². The number of aromatic nitrogens is 5. The highest BCUT2D eigenvalue weighted by Crippen LogP contribution is 2.43. The molecule has 0 saturated heterocycles. The number of nitrogens with zero attached hydrogens (tertiary/aromatic N) is 9. The van der Waals surface area contributed by atoms with Crippen molar-refractivity contribution in [3.63, 3.8) is 0 Å². The number of rotatable bonds is 9. The van der Waals surface area contributed by atoms with Gasteiger partial charge in [-0.3, -0.25) is 19.4 Å². The minimum absolute atomic E-state index is 0.193. The van der Waals surface area contributed by atoms with E-state index in [1.807, 2.05) is 107 Å². The Morgan fingerprint density at radius 1 is 0.568 bits per heavy atom. The number of aliphatic hydroxyl groups is 1. The molecule has 3 aromatic carbocycles. The van der Waals surface area contributed by atoms with Crippen molar-refractivity contribution in [2.45, 2.75) is 119 Å². The molecule has 9 aromatic heterocycles. The summed E-state index contributed by atoms with van der Waals surface area (Å²) >= 11 is 7.54. The molecule has 4 aliphatic heterocycles. The smallest absolute Gasteiger partial charge is 0.123 e. The normalized spacial score (nSPS) is 16.3. The molecule has 2 atom stereocenters. The van der Waals surface area contributed by atoms with E-state index in [1.54, 1.807) is 30.5 Å². The lowest BCUT2D eigenvalue weighted by atomic mass is 9.98. The Hall–Kier alpha value is -7.53. The van der Waals surface area contributed by atoms with Crippen LogP contribution >= 0.6 is 45.3 Å². The monoisotopic (exact) mass is 1340 g/mol. The van der Waals surface area contributed by atoms with Crippen LogP contribution in [0.5, 0.6) is 0 Å². The zero-order valence-corrected chi connectivity index (χ0v) is 59.5. The molecule has 2 unspecified atom stereocenters. The number of benzene rings is 3. The molecule has 10 nitrogen and oxygen atoms in total. The first-order chi connectivity index (χ1) is 46.0. The van der Waals surface area contributed by atoms with E-state index in [0.717, 1.165) is 113 Å². The van der Waals surface area contributed by atoms with Gasteiger partial charge in [-0.2, -0.15) is 0 Å². The highest BCUT2D eigenvalue weighted by Gasteiger charge is 2.31. The van der Waals surface area contributed by atoms with Gasteiger partial charge in [-0.25, -0.2) is 8.78 Å². The molecular weight excluding hydrogens is 1260 g/mol. The first kappa shape index (κ1) is 66.1. The van der Waals surface area contributed by atoms with E-state index in [9.17, 15) is 13.9 Å². The van der Waals surface area contributed by atoms with Gasteiger partial charge in [-0.15, -0.1) is 45.3 Å². The van der Waals surface area contributed by atoms with Crippen LogP contribution in [0.1, 0.15) is 125 Å². The summed E-state index contributed by atoms with van der Waals surface area (Å²) in [6, 6.07) is 40.1. The fourth-order valence-corrected chi connectivity index (χ4v) is 18.5. The first-order valence-corrected chi connectivity index (χ1v) is 36.6. The average molecular weight is 1340 g/mol. The molecular formula is C79H85F2N9OS4. The molecule has 12 aromatic rings. The van der Waals surface area contributed by atoms with Crippen LogP contribution in [0.4, 0.5) is 8.78 Å². The summed E-state index contributed by atoms with van der Waals surface area (Å²) in [5.74, 6) is 3.40. The van der Waals surface area contributed by atoms with Crippen molar-refractivity contribution in [2.75, 3.05) is 53.4 Å². The lowest BCUT2D eigenvalue weighted by Gasteiger charge is -2.30. The number of hydrogen-bond donors (Lipinski definition) is 1. The molecule has 490 valence electrons. The zero-order chi connectivity index (χ0) is 66.2. The van der Waals surface area contributed by atoms with Crippen molar-refractivity contribution in [1.29, 1.82) is 0 Å². The van der Waals surface area contributed by atoms with Crippen LogP contribution in [0.25, 0.3) is 65.4 Å². The SMILES string of the molecule is CCN1CCc2c(c3sc(C)cc3n2/C=C/c2cccc(F)c2)C1.CCN1CCc2c(c3sc(C)cc3n2/C=C\c2cccc(F)c2)C1.Cc1cc2c(s1)c1c(n2C#Cc2ccccc2)CCN(C)C1.Cc1ccc(C(O)Cn2c3c(c4sc(C)cc42)CN(C)CC3C)cn1. The summed E-state index contributed by atoms with van der Waals surface area (Å²) in [5, 5.41) is 10.8. The Morgan fingerprint density at radius 2 is 1.07 bits per heavy atom. The third kappa shape index (κ3) is 14.2. The van der Waals surface area contributed by atoms with Gasteiger partial charge in [-0.05, 0) is 158 Å². The van der Waals surface area contributed by atoms with Crippen LogP contribution < -0.4 is 0 Å². The van der Waals surface area contributed by atoms with Crippen LogP contribution in [0.15, 0.2) is 121 Å². The Kier molecular flexibility index (Phi) is 19.9. The van der Waals surface area contributed by atoms with E-state index in [2.05, 4.69) is 166 Å². The molecule has 0 saturated carbocycles. The third-order valence-electron chi connectivity index (χ3n) is 18.9. The second-order valence-corrected chi connectivity index (χ2v) is 31.1. The number of pyridine rings is 1. The number of hydrogen-bond acceptors (Lipinski definition) is 10. The number of aryl methyl sites for hydroxylation is 5. The number of thiophene rings is 4. The highest BCUT2D eigenvalue weighted by atomic mass is 32.1. The number of aliphatic hydroxyl groups excluding tert-OH is 1. The van der Waals surface area contributed by atoms with Crippen molar-refractivity contribution in [3.8, 4) is 12.0 Å². The van der Waals surface area contributed by atoms with Gasteiger partial charge < -0.3 is 28.6 Å². The maximum Gasteiger partial charge on any atom is 0.123 e. The average Bonchev–Trinajstić information content (AvgIpc) is 1.62. The Balaban J connectivity index is 0.000000115. The van der Waals surface area contributed by atoms with Crippen molar-refractivity contribution >= 4 is 111 Å². The van der Waals surface area contributed by atoms with Gasteiger partial charge in [0.1, 0.15) is 11.6 Å². The van der Waals surface area contributed by atoms with Crippen LogP contribution in [-0.2, 0) is 52.0 Å². The van der Waals surface area contributed by atoms with Gasteiger partial charge in [0.05, 0.1) is 53.5 Å². The largest absolute Gasteiger partial charge is 0.386 e. The minimum Gasteiger partial charge on any atom is -0.386 e. The summed E-state index contributed by atoms with van der Waals surface area (Å²) in [7, 11) is 4.39. The van der Waals surface area contributed by atoms with Gasteiger partial charge in [0.25, 0.3) is 0 Å². The molecule has 16 heteroatoms. The van der Waals surface area contributed by atoms with E-state index in [0.29, 0.717) is 12.5 Å². The molecule has 0 amide bonds. The van der Waals surface area contributed by atoms with Crippen molar-refractivity contribution in [3.05, 3.63) is 226 Å². The van der Waals surface area contributed by atoms with E-state index in [4.69, 9.17) is 0 Å². The predicted octanol–water partition coefficient (Wildman–Crippen LogP) is 18.2. The molecule has 4 aliphatic rings. The van der Waals surface area contributed by atoms with Gasteiger partial charge in [0.15, 0.2) is 0 Å². The topological polar surface area (TPSA) is 65.8 Å². The lowest BCUT2D eigenvalue weighted by molar-refractivity contribution is 0.155. The Bertz CT molecular complexity index is 4710. The van der Waals surface area contributed by atoms with Crippen molar-refractivity contribution in [1.82, 2.24) is 42.9 Å². The first-order valence-electron chi connectivity index (χ1n) is 33.3. The van der Waals surface area contributed by atoms with Gasteiger partial charge in [0, 0.05) is 184 Å². The van der Waals surface area contributed by atoms with Gasteiger partial charge in [-0.1, -0.05) is 69.3 Å². The molecule has 13 heterocycles. The second-order valence-electron chi connectivity index (χ2n) is 26.0. The maximum atomic E-state index is 13.4. The molecule has 95 heavy (non-hydrogen) atoms. The van der Waals surface area contributed by atoms with Crippen LogP contribution in [0.3, 0.4) is 0 Å². The molecule has 0 fully saturated rings. The van der Waals surface area contributed by atoms with E-state index < -0.39 is 6.10 Å². The number of halogens is 2. The standard InChI is InChI=1S/2C20H21FN2S.C20H25N3OS.C19H18N2S/c2*1-3-22-9-8-18-17(13-22)20-19(11-14(2)24-20)23(18)10-7-15-5-4-6-16(21)12-15;1-12-9-22(4)10-16-19(12)23(17-7-14(3)25-20(16)17)11-18(24)15-6-5-13(2)21-8-15;1-14-12-18-19(22-14)16-13-20(2)10-9-17(16)21(18)11-8-15-6-4-3-5-7-15/h2*4-7,10-12H,3,8-9,13H2,1-2H3;5-8,12,18,24H,9-11H2,1-4H3;3-7,12H,9-10,13H2,1-2H3/b10-7+;10-7-;;. The third-order valence-corrected chi connectivity index (χ3v) is 23.3. The van der Waals surface area contributed by atoms with E-state index in [-0.39, 0.29) is 11.6 Å². The molecule has 0 aliphatic carbocycles. The van der Waals surface area contributed by atoms with Gasteiger partial charge in [0.2, 0.25) is 0 Å². The number of likely N-dealkylation sites (N-methyl/N-ethyl adjacent to an activating group) is 4. The maximum absolute atomic E-state index is 13.4. The second kappa shape index (κ2) is 28.7. The summed E-state index contributed by atoms with van der Waals surface area (Å²) in [6.07, 6.45) is 12.7. The Morgan fingerprint density at radius 3 is 1.61 bits per heavy atom. The van der Waals surface area contributed by atoms with Crippen LogP contribution in [0, 0.1) is 58.2 Å². The van der Waals surface area contributed by atoms with Crippen molar-refractivity contribution in [2.24, 2.45) is 0 Å². The fourth-order valence-electron chi connectivity index (χ4n) is 14.3. The van der Waals surface area contributed by atoms with E-state index in [1.165, 1.54) is 118 Å². The number of fused-ring (bicyclic) bond motifs is 12. The quantitative estimate of drug-likeness (QED) is 0.145. The van der Waals surface area contributed by atoms with Crippen molar-refractivity contribution < 1.29 is 13.9 Å². The highest BCUT2D eigenvalue weighted by molar-refractivity contribution is 7.20. The molecule has 16 rings (SSSR count). The fraction of sp³-hybridized carbons (Fsp3) is 0.329. The van der Waals surface area contributed by atoms with Crippen LogP contribution in [-0.4, -0.2) is 101 Å².